The van der Waals surface area contributed by atoms with Crippen LogP contribution in [0.2, 0.25) is 0 Å². The fourth-order valence-corrected chi connectivity index (χ4v) is 5.49. The number of rotatable bonds is 8. The molecule has 4 aromatic rings. The van der Waals surface area contributed by atoms with Gasteiger partial charge in [0.05, 0.1) is 0 Å². The zero-order chi connectivity index (χ0) is 32.7. The topological polar surface area (TPSA) is 55.8 Å². The predicted molar refractivity (Wildman–Crippen MR) is 169 cm³/mol. The van der Waals surface area contributed by atoms with Crippen molar-refractivity contribution in [1.29, 1.82) is 0 Å². The average Bonchev–Trinajstić information content (AvgIpc) is 3.22. The summed E-state index contributed by atoms with van der Waals surface area (Å²) >= 11 is 0. The second-order valence-corrected chi connectivity index (χ2v) is 11.6. The highest BCUT2D eigenvalue weighted by molar-refractivity contribution is 5.90. The molecular weight excluding hydrogens is 579 g/mol. The summed E-state index contributed by atoms with van der Waals surface area (Å²) in [5, 5.41) is 0. The number of halogens is 3. The summed E-state index contributed by atoms with van der Waals surface area (Å²) in [7, 11) is 0. The number of anilines is 3. The number of esters is 2. The van der Waals surface area contributed by atoms with Crippen LogP contribution in [0, 0.1) is 0 Å². The smallest absolute Gasteiger partial charge is 0.420 e. The highest BCUT2D eigenvalue weighted by Crippen LogP contribution is 2.51. The van der Waals surface area contributed by atoms with Crippen molar-refractivity contribution in [3.05, 3.63) is 131 Å². The maximum absolute atomic E-state index is 14.4. The second kappa shape index (κ2) is 11.8. The van der Waals surface area contributed by atoms with Gasteiger partial charge in [-0.1, -0.05) is 69.5 Å². The van der Waals surface area contributed by atoms with Gasteiger partial charge in [-0.05, 0) is 84.1 Å². The molecule has 0 amide bonds. The van der Waals surface area contributed by atoms with E-state index in [1.54, 1.807) is 36.1 Å². The molecule has 0 bridgehead atoms. The van der Waals surface area contributed by atoms with Crippen LogP contribution in [-0.2, 0) is 32.5 Å². The quantitative estimate of drug-likeness (QED) is 0.113. The lowest BCUT2D eigenvalue weighted by atomic mass is 9.82. The number of hydrogen-bond donors (Lipinski definition) is 0. The Morgan fingerprint density at radius 1 is 0.756 bits per heavy atom. The van der Waals surface area contributed by atoms with Gasteiger partial charge in [-0.2, -0.15) is 13.2 Å². The molecule has 0 aliphatic heterocycles. The number of alkyl halides is 3. The van der Waals surface area contributed by atoms with Crippen molar-refractivity contribution in [2.24, 2.45) is 0 Å². The number of benzene rings is 4. The lowest BCUT2D eigenvalue weighted by Crippen LogP contribution is -2.18. The van der Waals surface area contributed by atoms with E-state index in [-0.39, 0.29) is 28.9 Å². The van der Waals surface area contributed by atoms with Crippen LogP contribution in [0.1, 0.15) is 49.9 Å². The Bertz CT molecular complexity index is 1850. The predicted octanol–water partition coefficient (Wildman–Crippen LogP) is 9.58. The lowest BCUT2D eigenvalue weighted by Gasteiger charge is -2.29. The number of carbonyl (C=O) groups is 2. The Labute approximate surface area is 260 Å². The van der Waals surface area contributed by atoms with Gasteiger partial charge in [0.1, 0.15) is 17.9 Å². The minimum absolute atomic E-state index is 0.0280. The van der Waals surface area contributed by atoms with E-state index in [0.29, 0.717) is 16.9 Å². The van der Waals surface area contributed by atoms with E-state index in [4.69, 9.17) is 9.47 Å². The molecular formula is C37H32F3NO4. The molecule has 45 heavy (non-hydrogen) atoms. The number of fused-ring (bicyclic) bond motifs is 3. The molecule has 0 unspecified atom stereocenters. The number of ether oxygens (including phenoxy) is 2. The lowest BCUT2D eigenvalue weighted by molar-refractivity contribution is -0.141. The van der Waals surface area contributed by atoms with Crippen molar-refractivity contribution < 1.29 is 32.2 Å². The van der Waals surface area contributed by atoms with Crippen LogP contribution in [-0.4, -0.2) is 11.9 Å². The summed E-state index contributed by atoms with van der Waals surface area (Å²) < 4.78 is 53.6. The van der Waals surface area contributed by atoms with Gasteiger partial charge in [0.2, 0.25) is 0 Å². The first-order valence-electron chi connectivity index (χ1n) is 14.2. The highest BCUT2D eigenvalue weighted by Gasteiger charge is 2.38. The Kier molecular flexibility index (Phi) is 8.19. The number of nitrogens with zero attached hydrogens (tertiary/aromatic N) is 1. The molecule has 0 fully saturated rings. The molecule has 1 aliphatic carbocycles. The molecule has 0 spiro atoms. The molecule has 0 saturated carbocycles. The van der Waals surface area contributed by atoms with Crippen LogP contribution >= 0.6 is 0 Å². The van der Waals surface area contributed by atoms with Crippen LogP contribution in [0.25, 0.3) is 11.1 Å². The SMILES string of the molecule is C=C(C)C(=O)OCc1cccc(N(c2ccc(OC(=O)C(=C)C)c(C(F)(F)F)c2)c2ccc3c(c2)C(C)(C)c2ccccc2-3)c1. The number of carbonyl (C=O) groups excluding carboxylic acids is 2. The van der Waals surface area contributed by atoms with E-state index in [1.165, 1.54) is 13.0 Å². The molecule has 4 aromatic carbocycles. The zero-order valence-corrected chi connectivity index (χ0v) is 25.4. The summed E-state index contributed by atoms with van der Waals surface area (Å²) in [6, 6.07) is 24.6. The molecule has 5 nitrogen and oxygen atoms in total. The summed E-state index contributed by atoms with van der Waals surface area (Å²) in [6.45, 7) is 14.2. The van der Waals surface area contributed by atoms with Crippen LogP contribution in [0.4, 0.5) is 30.2 Å². The molecule has 8 heteroatoms. The Morgan fingerprint density at radius 3 is 2.07 bits per heavy atom. The standard InChI is InChI=1S/C37H32F3NO4/c1-22(2)34(42)44-21-24-10-9-11-25(18-24)41(27-15-17-33(45-35(43)23(3)4)32(20-27)37(38,39)40)26-14-16-29-28-12-7-8-13-30(28)36(5,6)31(29)19-26/h7-20H,1,3,21H2,2,4-6H3. The van der Waals surface area contributed by atoms with Crippen LogP contribution in [0.5, 0.6) is 5.75 Å². The van der Waals surface area contributed by atoms with Crippen LogP contribution < -0.4 is 9.64 Å². The first-order valence-corrected chi connectivity index (χ1v) is 14.2. The van der Waals surface area contributed by atoms with Gasteiger partial charge in [0.25, 0.3) is 0 Å². The maximum Gasteiger partial charge on any atom is 0.420 e. The minimum atomic E-state index is -4.83. The van der Waals surface area contributed by atoms with Gasteiger partial charge in [0, 0.05) is 33.6 Å². The first-order chi connectivity index (χ1) is 21.2. The van der Waals surface area contributed by atoms with E-state index >= 15 is 0 Å². The molecule has 0 aromatic heterocycles. The molecule has 0 radical (unpaired) electrons. The van der Waals surface area contributed by atoms with E-state index < -0.39 is 29.4 Å². The first kappa shape index (κ1) is 31.3. The number of hydrogen-bond acceptors (Lipinski definition) is 5. The normalized spacial score (nSPS) is 13.0. The van der Waals surface area contributed by atoms with Crippen molar-refractivity contribution in [2.45, 2.75) is 45.9 Å². The third-order valence-corrected chi connectivity index (χ3v) is 7.79. The third kappa shape index (κ3) is 6.13. The fraction of sp³-hybridized carbons (Fsp3) is 0.189. The summed E-state index contributed by atoms with van der Waals surface area (Å²) in [4.78, 5) is 25.9. The van der Waals surface area contributed by atoms with Gasteiger partial charge < -0.3 is 14.4 Å². The van der Waals surface area contributed by atoms with E-state index in [2.05, 4.69) is 39.1 Å². The maximum atomic E-state index is 14.4. The van der Waals surface area contributed by atoms with E-state index in [9.17, 15) is 22.8 Å². The van der Waals surface area contributed by atoms with Gasteiger partial charge in [0.15, 0.2) is 0 Å². The summed E-state index contributed by atoms with van der Waals surface area (Å²) in [5.74, 6) is -2.12. The van der Waals surface area contributed by atoms with Gasteiger partial charge in [-0.25, -0.2) is 9.59 Å². The van der Waals surface area contributed by atoms with Crippen molar-refractivity contribution in [3.8, 4) is 16.9 Å². The molecule has 0 heterocycles. The molecule has 0 N–H and O–H groups in total. The third-order valence-electron chi connectivity index (χ3n) is 7.79. The highest BCUT2D eigenvalue weighted by atomic mass is 19.4. The van der Waals surface area contributed by atoms with Crippen LogP contribution in [0.15, 0.2) is 109 Å². The van der Waals surface area contributed by atoms with E-state index in [0.717, 1.165) is 34.4 Å². The summed E-state index contributed by atoms with van der Waals surface area (Å²) in [6.07, 6.45) is -4.83. The van der Waals surface area contributed by atoms with Crippen molar-refractivity contribution in [2.75, 3.05) is 4.90 Å². The molecule has 5 rings (SSSR count). The Balaban J connectivity index is 1.67. The Morgan fingerprint density at radius 2 is 1.38 bits per heavy atom. The minimum Gasteiger partial charge on any atom is -0.457 e. The van der Waals surface area contributed by atoms with Crippen molar-refractivity contribution in [1.82, 2.24) is 0 Å². The summed E-state index contributed by atoms with van der Waals surface area (Å²) in [5.41, 5.74) is 5.07. The van der Waals surface area contributed by atoms with E-state index in [1.807, 2.05) is 30.3 Å². The average molecular weight is 612 g/mol. The van der Waals surface area contributed by atoms with Crippen LogP contribution in [0.3, 0.4) is 0 Å². The van der Waals surface area contributed by atoms with Crippen molar-refractivity contribution in [3.63, 3.8) is 0 Å². The van der Waals surface area contributed by atoms with Gasteiger partial charge >= 0.3 is 18.1 Å². The van der Waals surface area contributed by atoms with Gasteiger partial charge in [-0.15, -0.1) is 0 Å². The molecule has 230 valence electrons. The van der Waals surface area contributed by atoms with Crippen molar-refractivity contribution >= 4 is 29.0 Å². The molecule has 1 aliphatic rings. The molecule has 0 saturated heterocycles. The molecule has 0 atom stereocenters. The second-order valence-electron chi connectivity index (χ2n) is 11.6. The fourth-order valence-electron chi connectivity index (χ4n) is 5.49. The van der Waals surface area contributed by atoms with Gasteiger partial charge in [-0.3, -0.25) is 0 Å². The largest absolute Gasteiger partial charge is 0.457 e. The zero-order valence-electron chi connectivity index (χ0n) is 25.4. The Hall–Kier alpha value is -5.11. The monoisotopic (exact) mass is 611 g/mol.